The lowest BCUT2D eigenvalue weighted by Crippen LogP contribution is -2.05. The second-order valence-electron chi connectivity index (χ2n) is 5.80. The van der Waals surface area contributed by atoms with E-state index in [4.69, 9.17) is 5.73 Å². The number of fused-ring (bicyclic) bond motifs is 1. The topological polar surface area (TPSA) is 86.1 Å². The monoisotopic (exact) mass is 333 g/mol. The third kappa shape index (κ3) is 3.03. The molecule has 0 unspecified atom stereocenters. The SMILES string of the molecule is CCn1cc(-c2ccc(N)c(NCc3ccc4nccn4c3)n2)cn1. The van der Waals surface area contributed by atoms with Gasteiger partial charge in [0.2, 0.25) is 0 Å². The zero-order valence-corrected chi connectivity index (χ0v) is 13.9. The minimum absolute atomic E-state index is 0.621. The fourth-order valence-electron chi connectivity index (χ4n) is 2.70. The van der Waals surface area contributed by atoms with E-state index in [1.54, 1.807) is 6.20 Å². The average Bonchev–Trinajstić information content (AvgIpc) is 3.29. The first-order chi connectivity index (χ1) is 12.2. The molecule has 0 aromatic carbocycles. The van der Waals surface area contributed by atoms with Crippen molar-refractivity contribution in [1.29, 1.82) is 0 Å². The van der Waals surface area contributed by atoms with Gasteiger partial charge in [-0.25, -0.2) is 9.97 Å². The number of imidazole rings is 1. The van der Waals surface area contributed by atoms with Crippen molar-refractivity contribution in [3.8, 4) is 11.3 Å². The molecule has 0 saturated heterocycles. The lowest BCUT2D eigenvalue weighted by molar-refractivity contribution is 0.660. The molecule has 0 amide bonds. The Hall–Kier alpha value is -3.35. The van der Waals surface area contributed by atoms with Crippen LogP contribution in [0.25, 0.3) is 16.9 Å². The van der Waals surface area contributed by atoms with E-state index >= 15 is 0 Å². The van der Waals surface area contributed by atoms with Crippen molar-refractivity contribution < 1.29 is 0 Å². The number of hydrogen-bond donors (Lipinski definition) is 2. The first-order valence-electron chi connectivity index (χ1n) is 8.18. The van der Waals surface area contributed by atoms with Gasteiger partial charge in [-0.05, 0) is 30.7 Å². The van der Waals surface area contributed by atoms with Crippen LogP contribution in [0.5, 0.6) is 0 Å². The van der Waals surface area contributed by atoms with Crippen LogP contribution in [0, 0.1) is 0 Å². The number of anilines is 2. The highest BCUT2D eigenvalue weighted by Crippen LogP contribution is 2.23. The predicted molar refractivity (Wildman–Crippen MR) is 98.1 cm³/mol. The smallest absolute Gasteiger partial charge is 0.150 e. The highest BCUT2D eigenvalue weighted by molar-refractivity contribution is 5.68. The highest BCUT2D eigenvalue weighted by Gasteiger charge is 2.07. The fourth-order valence-corrected chi connectivity index (χ4v) is 2.70. The van der Waals surface area contributed by atoms with Crippen LogP contribution in [0.4, 0.5) is 11.5 Å². The Morgan fingerprint density at radius 1 is 1.16 bits per heavy atom. The number of pyridine rings is 2. The Balaban J connectivity index is 1.55. The van der Waals surface area contributed by atoms with Gasteiger partial charge in [0.1, 0.15) is 11.5 Å². The number of aromatic nitrogens is 5. The summed E-state index contributed by atoms with van der Waals surface area (Å²) in [5, 5.41) is 7.62. The molecular formula is C18H19N7. The molecule has 0 aliphatic carbocycles. The van der Waals surface area contributed by atoms with Crippen molar-refractivity contribution in [3.63, 3.8) is 0 Å². The molecule has 0 atom stereocenters. The third-order valence-corrected chi connectivity index (χ3v) is 4.09. The summed E-state index contributed by atoms with van der Waals surface area (Å²) < 4.78 is 3.87. The maximum absolute atomic E-state index is 6.08. The van der Waals surface area contributed by atoms with E-state index in [0.717, 1.165) is 29.0 Å². The van der Waals surface area contributed by atoms with Gasteiger partial charge in [0.05, 0.1) is 17.6 Å². The lowest BCUT2D eigenvalue weighted by atomic mass is 10.2. The van der Waals surface area contributed by atoms with Gasteiger partial charge in [0.25, 0.3) is 0 Å². The first-order valence-corrected chi connectivity index (χ1v) is 8.18. The molecule has 25 heavy (non-hydrogen) atoms. The Labute approximate surface area is 145 Å². The van der Waals surface area contributed by atoms with Crippen molar-refractivity contribution in [1.82, 2.24) is 24.1 Å². The summed E-state index contributed by atoms with van der Waals surface area (Å²) in [6.45, 7) is 3.51. The van der Waals surface area contributed by atoms with Crippen LogP contribution in [0.15, 0.2) is 55.2 Å². The van der Waals surface area contributed by atoms with Crippen LogP contribution in [-0.2, 0) is 13.1 Å². The number of aryl methyl sites for hydroxylation is 1. The van der Waals surface area contributed by atoms with Gasteiger partial charge < -0.3 is 15.5 Å². The minimum atomic E-state index is 0.621. The summed E-state index contributed by atoms with van der Waals surface area (Å²) >= 11 is 0. The number of nitrogen functional groups attached to an aromatic ring is 1. The molecule has 0 aliphatic heterocycles. The number of rotatable bonds is 5. The normalized spacial score (nSPS) is 11.1. The molecule has 4 aromatic rings. The maximum atomic E-state index is 6.08. The van der Waals surface area contributed by atoms with Crippen LogP contribution >= 0.6 is 0 Å². The highest BCUT2D eigenvalue weighted by atomic mass is 15.3. The Morgan fingerprint density at radius 2 is 2.08 bits per heavy atom. The molecule has 4 heterocycles. The quantitative estimate of drug-likeness (QED) is 0.586. The lowest BCUT2D eigenvalue weighted by Gasteiger charge is -2.10. The van der Waals surface area contributed by atoms with Gasteiger partial charge in [-0.2, -0.15) is 5.10 Å². The average molecular weight is 333 g/mol. The van der Waals surface area contributed by atoms with E-state index in [-0.39, 0.29) is 0 Å². The van der Waals surface area contributed by atoms with E-state index in [0.29, 0.717) is 18.1 Å². The van der Waals surface area contributed by atoms with Gasteiger partial charge in [0, 0.05) is 43.4 Å². The van der Waals surface area contributed by atoms with Crippen LogP contribution in [0.1, 0.15) is 12.5 Å². The van der Waals surface area contributed by atoms with E-state index in [9.17, 15) is 0 Å². The Kier molecular flexibility index (Phi) is 3.81. The summed E-state index contributed by atoms with van der Waals surface area (Å²) in [5.41, 5.74) is 10.6. The predicted octanol–water partition coefficient (Wildman–Crippen LogP) is 2.81. The molecule has 4 rings (SSSR count). The molecule has 7 nitrogen and oxygen atoms in total. The molecule has 7 heteroatoms. The van der Waals surface area contributed by atoms with E-state index in [1.807, 2.05) is 58.1 Å². The van der Waals surface area contributed by atoms with E-state index in [2.05, 4.69) is 27.3 Å². The van der Waals surface area contributed by atoms with Crippen LogP contribution in [0.2, 0.25) is 0 Å². The Bertz CT molecular complexity index is 1020. The van der Waals surface area contributed by atoms with Gasteiger partial charge in [-0.3, -0.25) is 4.68 Å². The van der Waals surface area contributed by atoms with Crippen molar-refractivity contribution in [2.45, 2.75) is 20.0 Å². The second kappa shape index (κ2) is 6.27. The summed E-state index contributed by atoms with van der Waals surface area (Å²) in [6.07, 6.45) is 9.55. The number of hydrogen-bond acceptors (Lipinski definition) is 5. The summed E-state index contributed by atoms with van der Waals surface area (Å²) in [5.74, 6) is 0.674. The third-order valence-electron chi connectivity index (χ3n) is 4.09. The zero-order chi connectivity index (χ0) is 17.2. The van der Waals surface area contributed by atoms with Crippen molar-refractivity contribution in [2.75, 3.05) is 11.1 Å². The molecule has 0 bridgehead atoms. The maximum Gasteiger partial charge on any atom is 0.150 e. The van der Waals surface area contributed by atoms with Crippen molar-refractivity contribution in [3.05, 3.63) is 60.8 Å². The van der Waals surface area contributed by atoms with Gasteiger partial charge in [-0.15, -0.1) is 0 Å². The molecule has 0 spiro atoms. The van der Waals surface area contributed by atoms with Crippen LogP contribution in [-0.4, -0.2) is 24.1 Å². The van der Waals surface area contributed by atoms with E-state index in [1.165, 1.54) is 0 Å². The van der Waals surface area contributed by atoms with Crippen LogP contribution in [0.3, 0.4) is 0 Å². The summed E-state index contributed by atoms with van der Waals surface area (Å²) in [4.78, 5) is 8.90. The zero-order valence-electron chi connectivity index (χ0n) is 13.9. The molecule has 0 aliphatic rings. The molecule has 3 N–H and O–H groups in total. The van der Waals surface area contributed by atoms with Gasteiger partial charge >= 0.3 is 0 Å². The first kappa shape index (κ1) is 15.2. The van der Waals surface area contributed by atoms with Gasteiger partial charge in [0.15, 0.2) is 0 Å². The number of nitrogens with two attached hydrogens (primary N) is 1. The standard InChI is InChI=1S/C18H19N7/c1-2-25-12-14(10-22-25)16-5-4-15(19)18(23-16)21-9-13-3-6-17-20-7-8-24(17)11-13/h3-8,10-12H,2,9,19H2,1H3,(H,21,23). The van der Waals surface area contributed by atoms with Crippen molar-refractivity contribution >= 4 is 17.2 Å². The summed E-state index contributed by atoms with van der Waals surface area (Å²) in [6, 6.07) is 7.81. The molecule has 0 fully saturated rings. The molecular weight excluding hydrogens is 314 g/mol. The molecule has 4 aromatic heterocycles. The van der Waals surface area contributed by atoms with Crippen LogP contribution < -0.4 is 11.1 Å². The number of nitrogens with one attached hydrogen (secondary N) is 1. The van der Waals surface area contributed by atoms with Crippen molar-refractivity contribution in [2.24, 2.45) is 0 Å². The molecule has 0 radical (unpaired) electrons. The fraction of sp³-hybridized carbons (Fsp3) is 0.167. The summed E-state index contributed by atoms with van der Waals surface area (Å²) in [7, 11) is 0. The second-order valence-corrected chi connectivity index (χ2v) is 5.80. The van der Waals surface area contributed by atoms with Gasteiger partial charge in [-0.1, -0.05) is 6.07 Å². The largest absolute Gasteiger partial charge is 0.396 e. The molecule has 0 saturated carbocycles. The minimum Gasteiger partial charge on any atom is -0.396 e. The molecule has 126 valence electrons. The number of nitrogens with zero attached hydrogens (tertiary/aromatic N) is 5. The Morgan fingerprint density at radius 3 is 2.92 bits per heavy atom. The van der Waals surface area contributed by atoms with E-state index < -0.39 is 0 Å².